The van der Waals surface area contributed by atoms with Gasteiger partial charge in [0.05, 0.1) is 6.67 Å². The number of hydrogen-bond acceptors (Lipinski definition) is 0. The molecule has 2 aromatic rings. The third-order valence-electron chi connectivity index (χ3n) is 5.66. The van der Waals surface area contributed by atoms with Crippen LogP contribution < -0.4 is 0 Å². The number of hydrogen-bond donors (Lipinski definition) is 0. The Morgan fingerprint density at radius 2 is 1.50 bits per heavy atom. The Hall–Kier alpha value is -1.89. The Labute approximate surface area is 158 Å². The van der Waals surface area contributed by atoms with Crippen molar-refractivity contribution < 1.29 is 4.39 Å². The summed E-state index contributed by atoms with van der Waals surface area (Å²) in [6.45, 7) is 1.99. The molecule has 0 amide bonds. The van der Waals surface area contributed by atoms with E-state index in [-0.39, 0.29) is 6.67 Å². The fourth-order valence-corrected chi connectivity index (χ4v) is 4.10. The van der Waals surface area contributed by atoms with E-state index >= 15 is 0 Å². The van der Waals surface area contributed by atoms with E-state index in [4.69, 9.17) is 0 Å². The SMILES string of the molecule is CCCc1ccc(-c2ccc(C3CCC(C=CCCF)CC3)cc2)cc1. The zero-order chi connectivity index (χ0) is 18.2. The topological polar surface area (TPSA) is 0 Å². The highest BCUT2D eigenvalue weighted by molar-refractivity contribution is 5.64. The molecule has 0 saturated heterocycles. The van der Waals surface area contributed by atoms with Crippen LogP contribution in [-0.4, -0.2) is 6.67 Å². The number of allylic oxidation sites excluding steroid dienone is 2. The molecule has 0 unspecified atom stereocenters. The number of rotatable bonds is 7. The minimum atomic E-state index is -0.237. The molecule has 0 bridgehead atoms. The molecule has 1 fully saturated rings. The first-order valence-electron chi connectivity index (χ1n) is 10.2. The number of alkyl halides is 1. The highest BCUT2D eigenvalue weighted by Crippen LogP contribution is 2.37. The summed E-state index contributed by atoms with van der Waals surface area (Å²) in [5.74, 6) is 1.33. The van der Waals surface area contributed by atoms with Gasteiger partial charge in [0, 0.05) is 0 Å². The Morgan fingerprint density at radius 3 is 2.08 bits per heavy atom. The molecule has 0 atom stereocenters. The summed E-state index contributed by atoms with van der Waals surface area (Å²) in [5.41, 5.74) is 5.51. The van der Waals surface area contributed by atoms with Gasteiger partial charge in [0.25, 0.3) is 0 Å². The lowest BCUT2D eigenvalue weighted by Crippen LogP contribution is -2.11. The Bertz CT molecular complexity index is 673. The zero-order valence-corrected chi connectivity index (χ0v) is 16.0. The van der Waals surface area contributed by atoms with Crippen LogP contribution in [0.2, 0.25) is 0 Å². The van der Waals surface area contributed by atoms with Gasteiger partial charge in [-0.3, -0.25) is 4.39 Å². The summed E-state index contributed by atoms with van der Waals surface area (Å²) in [5, 5.41) is 0. The molecule has 1 aliphatic rings. The lowest BCUT2D eigenvalue weighted by Gasteiger charge is -2.27. The van der Waals surface area contributed by atoms with Gasteiger partial charge in [-0.1, -0.05) is 74.0 Å². The fraction of sp³-hybridized carbons (Fsp3) is 0.440. The summed E-state index contributed by atoms with van der Waals surface area (Å²) in [6, 6.07) is 18.2. The third-order valence-corrected chi connectivity index (χ3v) is 5.66. The first kappa shape index (κ1) is 18.9. The molecule has 0 spiro atoms. The molecule has 0 aromatic heterocycles. The summed E-state index contributed by atoms with van der Waals surface area (Å²) in [6.07, 6.45) is 12.1. The van der Waals surface area contributed by atoms with Crippen LogP contribution in [0.4, 0.5) is 4.39 Å². The van der Waals surface area contributed by atoms with Gasteiger partial charge in [0.1, 0.15) is 0 Å². The highest BCUT2D eigenvalue weighted by atomic mass is 19.1. The minimum Gasteiger partial charge on any atom is -0.251 e. The maximum absolute atomic E-state index is 12.2. The molecule has 3 rings (SSSR count). The van der Waals surface area contributed by atoms with E-state index in [0.717, 1.165) is 6.42 Å². The van der Waals surface area contributed by atoms with E-state index in [1.807, 2.05) is 6.08 Å². The smallest absolute Gasteiger partial charge is 0.0928 e. The second-order valence-corrected chi connectivity index (χ2v) is 7.59. The number of aryl methyl sites for hydroxylation is 1. The quantitative estimate of drug-likeness (QED) is 0.454. The molecular weight excluding hydrogens is 319 g/mol. The Kier molecular flexibility index (Phi) is 7.05. The second kappa shape index (κ2) is 9.71. The lowest BCUT2D eigenvalue weighted by molar-refractivity contribution is 0.375. The van der Waals surface area contributed by atoms with Crippen molar-refractivity contribution in [3.8, 4) is 11.1 Å². The van der Waals surface area contributed by atoms with Crippen LogP contribution in [0, 0.1) is 5.92 Å². The van der Waals surface area contributed by atoms with E-state index in [1.54, 1.807) is 0 Å². The zero-order valence-electron chi connectivity index (χ0n) is 16.0. The predicted octanol–water partition coefficient (Wildman–Crippen LogP) is 7.50. The van der Waals surface area contributed by atoms with Crippen molar-refractivity contribution in [2.45, 2.75) is 57.8 Å². The van der Waals surface area contributed by atoms with E-state index in [2.05, 4.69) is 61.5 Å². The first-order chi connectivity index (χ1) is 12.8. The van der Waals surface area contributed by atoms with Gasteiger partial charge in [-0.2, -0.15) is 0 Å². The number of halogens is 1. The van der Waals surface area contributed by atoms with Gasteiger partial charge in [0.15, 0.2) is 0 Å². The molecule has 0 aliphatic heterocycles. The molecule has 0 heterocycles. The van der Waals surface area contributed by atoms with Crippen molar-refractivity contribution in [2.24, 2.45) is 5.92 Å². The maximum atomic E-state index is 12.2. The van der Waals surface area contributed by atoms with Crippen molar-refractivity contribution in [3.05, 3.63) is 71.8 Å². The number of benzene rings is 2. The van der Waals surface area contributed by atoms with Crippen LogP contribution in [0.3, 0.4) is 0 Å². The van der Waals surface area contributed by atoms with Crippen molar-refractivity contribution in [3.63, 3.8) is 0 Å². The van der Waals surface area contributed by atoms with Crippen LogP contribution in [0.5, 0.6) is 0 Å². The van der Waals surface area contributed by atoms with E-state index in [9.17, 15) is 4.39 Å². The highest BCUT2D eigenvalue weighted by Gasteiger charge is 2.20. The fourth-order valence-electron chi connectivity index (χ4n) is 4.10. The first-order valence-corrected chi connectivity index (χ1v) is 10.2. The van der Waals surface area contributed by atoms with Gasteiger partial charge in [0.2, 0.25) is 0 Å². The lowest BCUT2D eigenvalue weighted by atomic mass is 9.78. The van der Waals surface area contributed by atoms with Gasteiger partial charge >= 0.3 is 0 Å². The van der Waals surface area contributed by atoms with Crippen LogP contribution in [-0.2, 0) is 6.42 Å². The summed E-state index contributed by atoms with van der Waals surface area (Å²) >= 11 is 0. The maximum Gasteiger partial charge on any atom is 0.0928 e. The van der Waals surface area contributed by atoms with E-state index in [1.165, 1.54) is 54.4 Å². The third kappa shape index (κ3) is 5.06. The largest absolute Gasteiger partial charge is 0.251 e. The molecule has 138 valence electrons. The van der Waals surface area contributed by atoms with Crippen molar-refractivity contribution >= 4 is 0 Å². The summed E-state index contributed by atoms with van der Waals surface area (Å²) in [4.78, 5) is 0. The minimum absolute atomic E-state index is 0.237. The van der Waals surface area contributed by atoms with Crippen LogP contribution in [0.1, 0.15) is 62.5 Å². The summed E-state index contributed by atoms with van der Waals surface area (Å²) < 4.78 is 12.2. The average Bonchev–Trinajstić information content (AvgIpc) is 2.70. The molecule has 0 nitrogen and oxygen atoms in total. The average molecular weight is 351 g/mol. The Morgan fingerprint density at radius 1 is 0.885 bits per heavy atom. The molecule has 0 N–H and O–H groups in total. The second-order valence-electron chi connectivity index (χ2n) is 7.59. The summed E-state index contributed by atoms with van der Waals surface area (Å²) in [7, 11) is 0. The van der Waals surface area contributed by atoms with Gasteiger partial charge < -0.3 is 0 Å². The predicted molar refractivity (Wildman–Crippen MR) is 110 cm³/mol. The molecule has 1 aliphatic carbocycles. The van der Waals surface area contributed by atoms with Crippen LogP contribution in [0.25, 0.3) is 11.1 Å². The van der Waals surface area contributed by atoms with Gasteiger partial charge in [-0.25, -0.2) is 0 Å². The van der Waals surface area contributed by atoms with E-state index < -0.39 is 0 Å². The molecule has 2 aromatic carbocycles. The monoisotopic (exact) mass is 350 g/mol. The molecule has 26 heavy (non-hydrogen) atoms. The van der Waals surface area contributed by atoms with Crippen LogP contribution in [0.15, 0.2) is 60.7 Å². The van der Waals surface area contributed by atoms with Crippen molar-refractivity contribution in [2.75, 3.05) is 6.67 Å². The molecule has 1 heteroatoms. The van der Waals surface area contributed by atoms with Crippen molar-refractivity contribution in [1.82, 2.24) is 0 Å². The van der Waals surface area contributed by atoms with Crippen molar-refractivity contribution in [1.29, 1.82) is 0 Å². The van der Waals surface area contributed by atoms with Crippen LogP contribution >= 0.6 is 0 Å². The molecule has 1 saturated carbocycles. The normalized spacial score (nSPS) is 20.5. The van der Waals surface area contributed by atoms with Gasteiger partial charge in [-0.05, 0) is 72.6 Å². The molecule has 0 radical (unpaired) electrons. The standard InChI is InChI=1S/C25H31F/c1-2-5-20-7-11-22(12-8-20)24-15-17-25(18-16-24)23-13-9-21(10-14-23)6-3-4-19-26/h3,6-8,11-12,15-18,21,23H,2,4-5,9-10,13-14,19H2,1H3. The molecular formula is C25H31F. The van der Waals surface area contributed by atoms with Gasteiger partial charge in [-0.15, -0.1) is 0 Å². The van der Waals surface area contributed by atoms with E-state index in [0.29, 0.717) is 18.3 Å². The Balaban J connectivity index is 1.58.